The standard InChI is InChI=1S/C16H16N4O3S/c21-13(12-5-8-24-10-12)9-18-14(22)1-2-15-19-16(20-23-15)11-3-6-17-7-4-11/h3-8,10,13,21H,1-2,9H2,(H,18,22). The van der Waals surface area contributed by atoms with Crippen molar-refractivity contribution in [2.45, 2.75) is 18.9 Å². The number of aryl methyl sites for hydroxylation is 1. The van der Waals surface area contributed by atoms with Gasteiger partial charge in [-0.2, -0.15) is 16.3 Å². The fraction of sp³-hybridized carbons (Fsp3) is 0.250. The maximum absolute atomic E-state index is 11.8. The van der Waals surface area contributed by atoms with Crippen molar-refractivity contribution >= 4 is 17.2 Å². The Morgan fingerprint density at radius 2 is 2.17 bits per heavy atom. The van der Waals surface area contributed by atoms with E-state index in [2.05, 4.69) is 20.4 Å². The number of carbonyl (C=O) groups is 1. The van der Waals surface area contributed by atoms with Crippen molar-refractivity contribution in [3.63, 3.8) is 0 Å². The first-order valence-electron chi connectivity index (χ1n) is 7.42. The number of aromatic nitrogens is 3. The van der Waals surface area contributed by atoms with Gasteiger partial charge in [-0.15, -0.1) is 0 Å². The normalized spacial score (nSPS) is 12.0. The molecule has 0 aromatic carbocycles. The molecule has 0 aliphatic carbocycles. The van der Waals surface area contributed by atoms with E-state index in [1.165, 1.54) is 11.3 Å². The van der Waals surface area contributed by atoms with Crippen LogP contribution < -0.4 is 5.32 Å². The van der Waals surface area contributed by atoms with Crippen LogP contribution in [0.3, 0.4) is 0 Å². The van der Waals surface area contributed by atoms with E-state index in [-0.39, 0.29) is 18.9 Å². The number of nitrogens with one attached hydrogen (secondary N) is 1. The van der Waals surface area contributed by atoms with E-state index in [9.17, 15) is 9.90 Å². The fourth-order valence-corrected chi connectivity index (χ4v) is 2.78. The van der Waals surface area contributed by atoms with Crippen molar-refractivity contribution in [3.8, 4) is 11.4 Å². The molecule has 7 nitrogen and oxygen atoms in total. The molecule has 0 saturated carbocycles. The van der Waals surface area contributed by atoms with E-state index in [0.717, 1.165) is 11.1 Å². The predicted octanol–water partition coefficient (Wildman–Crippen LogP) is 1.98. The summed E-state index contributed by atoms with van der Waals surface area (Å²) in [7, 11) is 0. The second kappa shape index (κ2) is 7.80. The number of amides is 1. The molecule has 8 heteroatoms. The zero-order valence-electron chi connectivity index (χ0n) is 12.8. The van der Waals surface area contributed by atoms with Gasteiger partial charge >= 0.3 is 0 Å². The Morgan fingerprint density at radius 3 is 2.92 bits per heavy atom. The molecule has 3 aromatic rings. The molecule has 0 radical (unpaired) electrons. The number of rotatable bonds is 7. The first-order chi connectivity index (χ1) is 11.7. The summed E-state index contributed by atoms with van der Waals surface area (Å²) in [5.41, 5.74) is 1.61. The summed E-state index contributed by atoms with van der Waals surface area (Å²) in [5.74, 6) is 0.698. The average Bonchev–Trinajstić information content (AvgIpc) is 3.30. The monoisotopic (exact) mass is 344 g/mol. The van der Waals surface area contributed by atoms with Gasteiger partial charge in [0.2, 0.25) is 17.6 Å². The Balaban J connectivity index is 1.46. The number of hydrogen-bond donors (Lipinski definition) is 2. The number of carbonyl (C=O) groups excluding carboxylic acids is 1. The molecule has 124 valence electrons. The van der Waals surface area contributed by atoms with Crippen molar-refractivity contribution in [1.82, 2.24) is 20.4 Å². The summed E-state index contributed by atoms with van der Waals surface area (Å²) in [4.78, 5) is 20.0. The molecule has 0 fully saturated rings. The second-order valence-electron chi connectivity index (χ2n) is 5.12. The minimum Gasteiger partial charge on any atom is -0.387 e. The van der Waals surface area contributed by atoms with Gasteiger partial charge in [-0.1, -0.05) is 5.16 Å². The largest absolute Gasteiger partial charge is 0.387 e. The topological polar surface area (TPSA) is 101 Å². The predicted molar refractivity (Wildman–Crippen MR) is 88.1 cm³/mol. The Bertz CT molecular complexity index is 774. The lowest BCUT2D eigenvalue weighted by Gasteiger charge is -2.09. The number of aliphatic hydroxyl groups excluding tert-OH is 1. The second-order valence-corrected chi connectivity index (χ2v) is 5.90. The van der Waals surface area contributed by atoms with Crippen LogP contribution in [0.4, 0.5) is 0 Å². The SMILES string of the molecule is O=C(CCc1nc(-c2ccncc2)no1)NCC(O)c1ccsc1. The van der Waals surface area contributed by atoms with E-state index in [4.69, 9.17) is 4.52 Å². The third kappa shape index (κ3) is 4.24. The van der Waals surface area contributed by atoms with Crippen LogP contribution in [-0.4, -0.2) is 32.7 Å². The van der Waals surface area contributed by atoms with Crippen molar-refractivity contribution in [2.75, 3.05) is 6.54 Å². The molecule has 1 atom stereocenters. The summed E-state index contributed by atoms with van der Waals surface area (Å²) < 4.78 is 5.14. The Labute approximate surface area is 142 Å². The van der Waals surface area contributed by atoms with Crippen LogP contribution in [0.25, 0.3) is 11.4 Å². The number of hydrogen-bond acceptors (Lipinski definition) is 7. The highest BCUT2D eigenvalue weighted by Gasteiger charge is 2.12. The summed E-state index contributed by atoms with van der Waals surface area (Å²) in [6.07, 6.45) is 3.17. The Kier molecular flexibility index (Phi) is 5.29. The molecule has 1 amide bonds. The average molecular weight is 344 g/mol. The van der Waals surface area contributed by atoms with Crippen LogP contribution in [0.15, 0.2) is 45.9 Å². The number of pyridine rings is 1. The molecule has 1 unspecified atom stereocenters. The first-order valence-corrected chi connectivity index (χ1v) is 8.36. The molecule has 3 heterocycles. The molecule has 0 bridgehead atoms. The Hall–Kier alpha value is -2.58. The lowest BCUT2D eigenvalue weighted by Crippen LogP contribution is -2.28. The van der Waals surface area contributed by atoms with E-state index in [0.29, 0.717) is 18.1 Å². The van der Waals surface area contributed by atoms with Crippen LogP contribution in [0.2, 0.25) is 0 Å². The highest BCUT2D eigenvalue weighted by Crippen LogP contribution is 2.16. The molecule has 24 heavy (non-hydrogen) atoms. The van der Waals surface area contributed by atoms with E-state index < -0.39 is 6.10 Å². The molecular formula is C16H16N4O3S. The third-order valence-electron chi connectivity index (χ3n) is 3.39. The van der Waals surface area contributed by atoms with Gasteiger partial charge in [0, 0.05) is 37.3 Å². The fourth-order valence-electron chi connectivity index (χ4n) is 2.08. The smallest absolute Gasteiger partial charge is 0.227 e. The summed E-state index contributed by atoms with van der Waals surface area (Å²) >= 11 is 1.51. The molecule has 2 N–H and O–H groups in total. The number of thiophene rings is 1. The summed E-state index contributed by atoms with van der Waals surface area (Å²) in [6.45, 7) is 0.182. The summed E-state index contributed by atoms with van der Waals surface area (Å²) in [6, 6.07) is 5.40. The van der Waals surface area contributed by atoms with Crippen LogP contribution in [0, 0.1) is 0 Å². The van der Waals surface area contributed by atoms with Crippen molar-refractivity contribution in [1.29, 1.82) is 0 Å². The minimum absolute atomic E-state index is 0.173. The maximum Gasteiger partial charge on any atom is 0.227 e. The lowest BCUT2D eigenvalue weighted by molar-refractivity contribution is -0.121. The van der Waals surface area contributed by atoms with Gasteiger partial charge in [-0.05, 0) is 34.5 Å². The third-order valence-corrected chi connectivity index (χ3v) is 4.09. The van der Waals surface area contributed by atoms with Gasteiger partial charge in [0.25, 0.3) is 0 Å². The van der Waals surface area contributed by atoms with Gasteiger partial charge in [0.05, 0.1) is 6.10 Å². The quantitative estimate of drug-likeness (QED) is 0.679. The maximum atomic E-state index is 11.8. The van der Waals surface area contributed by atoms with Crippen LogP contribution in [0.1, 0.15) is 24.0 Å². The van der Waals surface area contributed by atoms with Gasteiger partial charge in [0.15, 0.2) is 0 Å². The molecular weight excluding hydrogens is 328 g/mol. The molecule has 0 aliphatic rings. The zero-order chi connectivity index (χ0) is 16.8. The van der Waals surface area contributed by atoms with Crippen molar-refractivity contribution in [3.05, 3.63) is 52.8 Å². The van der Waals surface area contributed by atoms with Crippen LogP contribution >= 0.6 is 11.3 Å². The highest BCUT2D eigenvalue weighted by molar-refractivity contribution is 7.07. The molecule has 0 spiro atoms. The van der Waals surface area contributed by atoms with Gasteiger partial charge in [-0.25, -0.2) is 0 Å². The van der Waals surface area contributed by atoms with Crippen molar-refractivity contribution < 1.29 is 14.4 Å². The summed E-state index contributed by atoms with van der Waals surface area (Å²) in [5, 5.41) is 20.2. The minimum atomic E-state index is -0.693. The van der Waals surface area contributed by atoms with Crippen LogP contribution in [0.5, 0.6) is 0 Å². The van der Waals surface area contributed by atoms with E-state index in [1.54, 1.807) is 24.5 Å². The molecule has 3 aromatic heterocycles. The van der Waals surface area contributed by atoms with Gasteiger partial charge in [0.1, 0.15) is 0 Å². The Morgan fingerprint density at radius 1 is 1.33 bits per heavy atom. The number of aliphatic hydroxyl groups is 1. The number of nitrogens with zero attached hydrogens (tertiary/aromatic N) is 3. The van der Waals surface area contributed by atoms with Crippen LogP contribution in [-0.2, 0) is 11.2 Å². The van der Waals surface area contributed by atoms with Gasteiger partial charge < -0.3 is 14.9 Å². The highest BCUT2D eigenvalue weighted by atomic mass is 32.1. The zero-order valence-corrected chi connectivity index (χ0v) is 13.6. The van der Waals surface area contributed by atoms with Crippen molar-refractivity contribution in [2.24, 2.45) is 0 Å². The van der Waals surface area contributed by atoms with E-state index in [1.807, 2.05) is 16.8 Å². The molecule has 3 rings (SSSR count). The van der Waals surface area contributed by atoms with Gasteiger partial charge in [-0.3, -0.25) is 9.78 Å². The molecule has 0 aliphatic heterocycles. The lowest BCUT2D eigenvalue weighted by atomic mass is 10.2. The molecule has 0 saturated heterocycles. The van der Waals surface area contributed by atoms with E-state index >= 15 is 0 Å². The first kappa shape index (κ1) is 16.3.